The fourth-order valence-corrected chi connectivity index (χ4v) is 3.08. The summed E-state index contributed by atoms with van der Waals surface area (Å²) < 4.78 is 13.9. The molecule has 0 saturated carbocycles. The highest BCUT2D eigenvalue weighted by Gasteiger charge is 2.11. The van der Waals surface area contributed by atoms with Crippen molar-refractivity contribution in [2.45, 2.75) is 16.2 Å². The van der Waals surface area contributed by atoms with Crippen LogP contribution in [0.4, 0.5) is 10.1 Å². The number of benzene rings is 1. The molecule has 1 heterocycles. The standard InChI is InChI=1S/C10H7FN2O2S2/c1-6-5-16-10(12-6)17-9-3-7(11)2-8(4-9)13(14)15/h2-5H,1H3. The average Bonchev–Trinajstić information content (AvgIpc) is 2.63. The molecule has 0 fully saturated rings. The van der Waals surface area contributed by atoms with E-state index in [2.05, 4.69) is 4.98 Å². The number of non-ortho nitro benzene ring substituents is 1. The number of hydrogen-bond acceptors (Lipinski definition) is 5. The summed E-state index contributed by atoms with van der Waals surface area (Å²) in [5, 5.41) is 12.4. The molecular formula is C10H7FN2O2S2. The van der Waals surface area contributed by atoms with E-state index in [9.17, 15) is 14.5 Å². The minimum Gasteiger partial charge on any atom is -0.258 e. The largest absolute Gasteiger partial charge is 0.273 e. The number of nitrogens with zero attached hydrogens (tertiary/aromatic N) is 2. The monoisotopic (exact) mass is 270 g/mol. The van der Waals surface area contributed by atoms with E-state index >= 15 is 0 Å². The number of halogens is 1. The molecule has 0 amide bonds. The second-order valence-corrected chi connectivity index (χ2v) is 5.44. The van der Waals surface area contributed by atoms with Crippen molar-refractivity contribution >= 4 is 28.8 Å². The zero-order chi connectivity index (χ0) is 12.4. The van der Waals surface area contributed by atoms with Gasteiger partial charge in [0.25, 0.3) is 5.69 Å². The second-order valence-electron chi connectivity index (χ2n) is 3.26. The van der Waals surface area contributed by atoms with E-state index in [1.165, 1.54) is 35.2 Å². The van der Waals surface area contributed by atoms with Gasteiger partial charge in [-0.25, -0.2) is 9.37 Å². The van der Waals surface area contributed by atoms with Gasteiger partial charge in [-0.3, -0.25) is 10.1 Å². The second kappa shape index (κ2) is 4.80. The molecule has 0 unspecified atom stereocenters. The number of aryl methyl sites for hydroxylation is 1. The Kier molecular flexibility index (Phi) is 3.39. The number of rotatable bonds is 3. The van der Waals surface area contributed by atoms with Gasteiger partial charge in [0.2, 0.25) is 0 Å². The Balaban J connectivity index is 2.29. The number of nitro groups is 1. The molecule has 0 aliphatic rings. The smallest absolute Gasteiger partial charge is 0.258 e. The summed E-state index contributed by atoms with van der Waals surface area (Å²) in [6.07, 6.45) is 0. The molecule has 0 saturated heterocycles. The predicted octanol–water partition coefficient (Wildman–Crippen LogP) is 3.65. The molecule has 0 atom stereocenters. The van der Waals surface area contributed by atoms with Crippen molar-refractivity contribution in [1.29, 1.82) is 0 Å². The van der Waals surface area contributed by atoms with Crippen LogP contribution in [-0.2, 0) is 0 Å². The Morgan fingerprint density at radius 1 is 1.47 bits per heavy atom. The molecule has 4 nitrogen and oxygen atoms in total. The lowest BCUT2D eigenvalue weighted by atomic mass is 10.3. The third kappa shape index (κ3) is 3.01. The van der Waals surface area contributed by atoms with Gasteiger partial charge in [-0.2, -0.15) is 0 Å². The summed E-state index contributed by atoms with van der Waals surface area (Å²) in [7, 11) is 0. The molecule has 0 N–H and O–H groups in total. The number of hydrogen-bond donors (Lipinski definition) is 0. The fourth-order valence-electron chi connectivity index (χ4n) is 1.19. The maximum atomic E-state index is 13.2. The number of nitro benzene ring substituents is 1. The third-order valence-corrected chi connectivity index (χ3v) is 3.90. The molecule has 2 rings (SSSR count). The number of aromatic nitrogens is 1. The van der Waals surface area contributed by atoms with Crippen LogP contribution in [0.2, 0.25) is 0 Å². The van der Waals surface area contributed by atoms with Crippen LogP contribution in [0.15, 0.2) is 32.8 Å². The topological polar surface area (TPSA) is 56.0 Å². The molecule has 0 aliphatic carbocycles. The summed E-state index contributed by atoms with van der Waals surface area (Å²) in [5.41, 5.74) is 0.629. The van der Waals surface area contributed by atoms with E-state index in [4.69, 9.17) is 0 Å². The zero-order valence-electron chi connectivity index (χ0n) is 8.71. The maximum Gasteiger partial charge on any atom is 0.273 e. The molecule has 1 aromatic carbocycles. The van der Waals surface area contributed by atoms with Crippen LogP contribution in [0.1, 0.15) is 5.69 Å². The molecule has 0 bridgehead atoms. The van der Waals surface area contributed by atoms with Crippen molar-refractivity contribution in [3.05, 3.63) is 45.2 Å². The molecule has 0 aliphatic heterocycles. The lowest BCUT2D eigenvalue weighted by molar-refractivity contribution is -0.385. The lowest BCUT2D eigenvalue weighted by Gasteiger charge is -1.98. The van der Waals surface area contributed by atoms with Gasteiger partial charge in [0.15, 0.2) is 4.34 Å². The Morgan fingerprint density at radius 3 is 2.82 bits per heavy atom. The van der Waals surface area contributed by atoms with Gasteiger partial charge in [-0.15, -0.1) is 11.3 Å². The Hall–Kier alpha value is -1.47. The summed E-state index contributed by atoms with van der Waals surface area (Å²) in [6.45, 7) is 1.86. The fraction of sp³-hybridized carbons (Fsp3) is 0.100. The minimum absolute atomic E-state index is 0.249. The molecule has 1 aromatic heterocycles. The van der Waals surface area contributed by atoms with Gasteiger partial charge in [0.1, 0.15) is 5.82 Å². The number of thiazole rings is 1. The van der Waals surface area contributed by atoms with Crippen LogP contribution in [0.3, 0.4) is 0 Å². The summed E-state index contributed by atoms with van der Waals surface area (Å²) >= 11 is 2.64. The first kappa shape index (κ1) is 12.0. The van der Waals surface area contributed by atoms with E-state index in [0.717, 1.165) is 16.1 Å². The first-order valence-corrected chi connectivity index (χ1v) is 6.29. The normalized spacial score (nSPS) is 10.5. The van der Waals surface area contributed by atoms with Crippen molar-refractivity contribution in [3.8, 4) is 0 Å². The van der Waals surface area contributed by atoms with E-state index in [0.29, 0.717) is 4.90 Å². The van der Waals surface area contributed by atoms with Crippen LogP contribution < -0.4 is 0 Å². The van der Waals surface area contributed by atoms with Gasteiger partial charge in [0, 0.05) is 22.0 Å². The van der Waals surface area contributed by atoms with Crippen LogP contribution in [0.5, 0.6) is 0 Å². The molecule has 0 spiro atoms. The lowest BCUT2D eigenvalue weighted by Crippen LogP contribution is -1.89. The maximum absolute atomic E-state index is 13.2. The highest BCUT2D eigenvalue weighted by molar-refractivity contribution is 8.01. The van der Waals surface area contributed by atoms with Gasteiger partial charge in [0.05, 0.1) is 11.0 Å². The third-order valence-electron chi connectivity index (χ3n) is 1.87. The molecule has 7 heteroatoms. The first-order chi connectivity index (χ1) is 8.04. The van der Waals surface area contributed by atoms with E-state index in [-0.39, 0.29) is 5.69 Å². The molecule has 2 aromatic rings. The SMILES string of the molecule is Cc1csc(Sc2cc(F)cc([N+](=O)[O-])c2)n1. The molecular weight excluding hydrogens is 263 g/mol. The quantitative estimate of drug-likeness (QED) is 0.631. The Morgan fingerprint density at radius 2 is 2.24 bits per heavy atom. The van der Waals surface area contributed by atoms with Gasteiger partial charge in [-0.1, -0.05) is 11.8 Å². The van der Waals surface area contributed by atoms with Crippen LogP contribution >= 0.6 is 23.1 Å². The van der Waals surface area contributed by atoms with E-state index in [1.54, 1.807) is 0 Å². The highest BCUT2D eigenvalue weighted by atomic mass is 32.2. The Labute approximate surface area is 105 Å². The highest BCUT2D eigenvalue weighted by Crippen LogP contribution is 2.32. The van der Waals surface area contributed by atoms with Crippen LogP contribution in [0, 0.1) is 22.9 Å². The van der Waals surface area contributed by atoms with Crippen molar-refractivity contribution in [2.75, 3.05) is 0 Å². The van der Waals surface area contributed by atoms with Gasteiger partial charge in [-0.05, 0) is 13.0 Å². The summed E-state index contributed by atoms with van der Waals surface area (Å²) in [6, 6.07) is 3.50. The molecule has 88 valence electrons. The minimum atomic E-state index is -0.616. The van der Waals surface area contributed by atoms with Crippen molar-refractivity contribution in [2.24, 2.45) is 0 Å². The van der Waals surface area contributed by atoms with Gasteiger partial charge >= 0.3 is 0 Å². The zero-order valence-corrected chi connectivity index (χ0v) is 10.3. The molecule has 0 radical (unpaired) electrons. The van der Waals surface area contributed by atoms with Crippen molar-refractivity contribution in [3.63, 3.8) is 0 Å². The van der Waals surface area contributed by atoms with E-state index < -0.39 is 10.7 Å². The Bertz CT molecular complexity index is 571. The summed E-state index contributed by atoms with van der Waals surface area (Å²) in [5.74, 6) is -0.616. The van der Waals surface area contributed by atoms with Crippen LogP contribution in [0.25, 0.3) is 0 Å². The van der Waals surface area contributed by atoms with E-state index in [1.807, 2.05) is 12.3 Å². The molecule has 17 heavy (non-hydrogen) atoms. The summed E-state index contributed by atoms with van der Waals surface area (Å²) in [4.78, 5) is 14.6. The first-order valence-electron chi connectivity index (χ1n) is 4.59. The average molecular weight is 270 g/mol. The van der Waals surface area contributed by atoms with Crippen molar-refractivity contribution < 1.29 is 9.31 Å². The van der Waals surface area contributed by atoms with Crippen LogP contribution in [-0.4, -0.2) is 9.91 Å². The van der Waals surface area contributed by atoms with Crippen molar-refractivity contribution in [1.82, 2.24) is 4.98 Å². The predicted molar refractivity (Wildman–Crippen MR) is 64.0 cm³/mol. The van der Waals surface area contributed by atoms with Gasteiger partial charge < -0.3 is 0 Å².